The van der Waals surface area contributed by atoms with Gasteiger partial charge in [0.2, 0.25) is 0 Å². The molecule has 0 saturated heterocycles. The van der Waals surface area contributed by atoms with Crippen LogP contribution in [0.1, 0.15) is 62.5 Å². The Balaban J connectivity index is 1.60. The number of methoxy groups -OCH3 is 1. The summed E-state index contributed by atoms with van der Waals surface area (Å²) in [5, 5.41) is 13.4. The van der Waals surface area contributed by atoms with E-state index in [-0.39, 0.29) is 5.41 Å². The van der Waals surface area contributed by atoms with Crippen LogP contribution in [-0.4, -0.2) is 12.2 Å². The predicted molar refractivity (Wildman–Crippen MR) is 129 cm³/mol. The number of rotatable bonds is 1. The molecule has 2 nitrogen and oxygen atoms in total. The van der Waals surface area contributed by atoms with E-state index in [0.29, 0.717) is 17.6 Å². The zero-order valence-corrected chi connectivity index (χ0v) is 18.9. The Morgan fingerprint density at radius 2 is 1.47 bits per heavy atom. The van der Waals surface area contributed by atoms with Gasteiger partial charge in [0, 0.05) is 10.8 Å². The Morgan fingerprint density at radius 1 is 0.781 bits per heavy atom. The molecule has 0 bridgehead atoms. The highest BCUT2D eigenvalue weighted by Gasteiger charge is 2.64. The van der Waals surface area contributed by atoms with E-state index >= 15 is 0 Å². The van der Waals surface area contributed by atoms with Gasteiger partial charge < -0.3 is 9.84 Å². The van der Waals surface area contributed by atoms with E-state index in [1.54, 1.807) is 12.7 Å². The molecule has 3 saturated carbocycles. The molecule has 1 spiro atoms. The van der Waals surface area contributed by atoms with Crippen molar-refractivity contribution < 1.29 is 9.84 Å². The lowest BCUT2D eigenvalue weighted by molar-refractivity contribution is 0.184. The second-order valence-electron chi connectivity index (χ2n) is 10.8. The standard InChI is InChI=1S/C30H32O2/c1-32-18-14-15-21-23(16-18)29-22-10-4-7-13-26(22)30(27(29)17-28(21)31)24-11-5-2-8-19(24)20-9-3-6-12-25(20)30/h4,7,10,13-17,19-20,24-25,31H,2-3,5-6,8-9,11-12H2,1H3. The normalized spacial score (nSPS) is 32.4. The molecule has 4 aliphatic carbocycles. The van der Waals surface area contributed by atoms with E-state index < -0.39 is 0 Å². The Kier molecular flexibility index (Phi) is 4.02. The van der Waals surface area contributed by atoms with Crippen molar-refractivity contribution in [3.63, 3.8) is 0 Å². The number of phenols is 1. The number of ether oxygens (including phenoxy) is 1. The average molecular weight is 425 g/mol. The zero-order chi connectivity index (χ0) is 21.4. The molecule has 0 heterocycles. The number of aromatic hydroxyl groups is 1. The van der Waals surface area contributed by atoms with Gasteiger partial charge in [0.25, 0.3) is 0 Å². The van der Waals surface area contributed by atoms with Crippen LogP contribution >= 0.6 is 0 Å². The molecule has 1 N–H and O–H groups in total. The van der Waals surface area contributed by atoms with Gasteiger partial charge in [-0.2, -0.15) is 0 Å². The van der Waals surface area contributed by atoms with E-state index in [1.165, 1.54) is 68.1 Å². The average Bonchev–Trinajstić information content (AvgIpc) is 3.31. The van der Waals surface area contributed by atoms with Crippen LogP contribution in [0.3, 0.4) is 0 Å². The van der Waals surface area contributed by atoms with Crippen LogP contribution in [0, 0.1) is 23.7 Å². The van der Waals surface area contributed by atoms with Crippen molar-refractivity contribution in [1.82, 2.24) is 0 Å². The maximum absolute atomic E-state index is 11.3. The molecule has 3 aromatic carbocycles. The van der Waals surface area contributed by atoms with Crippen LogP contribution in [0.5, 0.6) is 11.5 Å². The number of fused-ring (bicyclic) bond motifs is 12. The van der Waals surface area contributed by atoms with Gasteiger partial charge in [-0.25, -0.2) is 0 Å². The third-order valence-electron chi connectivity index (χ3n) is 9.77. The summed E-state index contributed by atoms with van der Waals surface area (Å²) in [4.78, 5) is 0. The SMILES string of the molecule is COc1ccc2c(O)cc3c(c2c1)-c1ccccc1C31C2CCCCC2C2CCCCC21. The first kappa shape index (κ1) is 19.0. The minimum Gasteiger partial charge on any atom is -0.507 e. The van der Waals surface area contributed by atoms with Gasteiger partial charge in [-0.3, -0.25) is 0 Å². The molecule has 7 rings (SSSR count). The van der Waals surface area contributed by atoms with Gasteiger partial charge in [-0.15, -0.1) is 0 Å². The molecule has 4 unspecified atom stereocenters. The summed E-state index contributed by atoms with van der Waals surface area (Å²) in [7, 11) is 1.73. The maximum atomic E-state index is 11.3. The van der Waals surface area contributed by atoms with Gasteiger partial charge in [0.1, 0.15) is 11.5 Å². The fourth-order valence-corrected chi connectivity index (χ4v) is 8.88. The molecular weight excluding hydrogens is 392 g/mol. The molecule has 164 valence electrons. The van der Waals surface area contributed by atoms with Crippen LogP contribution in [0.4, 0.5) is 0 Å². The summed E-state index contributed by atoms with van der Waals surface area (Å²) in [6.45, 7) is 0. The first-order chi connectivity index (χ1) is 15.7. The molecule has 0 amide bonds. The van der Waals surface area contributed by atoms with Crippen molar-refractivity contribution in [3.8, 4) is 22.6 Å². The fraction of sp³-hybridized carbons (Fsp3) is 0.467. The highest BCUT2D eigenvalue weighted by atomic mass is 16.5. The fourth-order valence-electron chi connectivity index (χ4n) is 8.88. The van der Waals surface area contributed by atoms with E-state index in [1.807, 2.05) is 12.1 Å². The highest BCUT2D eigenvalue weighted by Crippen LogP contribution is 2.71. The molecule has 4 atom stereocenters. The predicted octanol–water partition coefficient (Wildman–Crippen LogP) is 7.45. The number of hydrogen-bond acceptors (Lipinski definition) is 2. The van der Waals surface area contributed by atoms with Gasteiger partial charge in [-0.05, 0) is 101 Å². The van der Waals surface area contributed by atoms with Crippen molar-refractivity contribution in [1.29, 1.82) is 0 Å². The Bertz CT molecular complexity index is 1200. The summed E-state index contributed by atoms with van der Waals surface area (Å²) in [5.74, 6) is 4.39. The number of hydrogen-bond donors (Lipinski definition) is 1. The van der Waals surface area contributed by atoms with Crippen LogP contribution in [0.2, 0.25) is 0 Å². The maximum Gasteiger partial charge on any atom is 0.123 e. The minimum atomic E-state index is 0.0663. The van der Waals surface area contributed by atoms with Gasteiger partial charge in [0.05, 0.1) is 7.11 Å². The summed E-state index contributed by atoms with van der Waals surface area (Å²) in [6.07, 6.45) is 11.0. The smallest absolute Gasteiger partial charge is 0.123 e. The largest absolute Gasteiger partial charge is 0.507 e. The number of benzene rings is 3. The van der Waals surface area contributed by atoms with Gasteiger partial charge in [0.15, 0.2) is 0 Å². The zero-order valence-electron chi connectivity index (χ0n) is 18.9. The van der Waals surface area contributed by atoms with E-state index in [4.69, 9.17) is 4.74 Å². The first-order valence-electron chi connectivity index (χ1n) is 12.7. The lowest BCUT2D eigenvalue weighted by Gasteiger charge is -2.43. The second kappa shape index (κ2) is 6.76. The number of phenolic OH excluding ortho intramolecular Hbond substituents is 1. The third kappa shape index (κ3) is 2.21. The Labute approximate surface area is 190 Å². The van der Waals surface area contributed by atoms with Crippen molar-refractivity contribution in [3.05, 3.63) is 59.7 Å². The van der Waals surface area contributed by atoms with Crippen molar-refractivity contribution in [2.45, 2.75) is 56.8 Å². The highest BCUT2D eigenvalue weighted by molar-refractivity contribution is 6.06. The van der Waals surface area contributed by atoms with Crippen molar-refractivity contribution in [2.75, 3.05) is 7.11 Å². The van der Waals surface area contributed by atoms with E-state index in [0.717, 1.165) is 28.4 Å². The van der Waals surface area contributed by atoms with Crippen LogP contribution in [0.15, 0.2) is 48.5 Å². The van der Waals surface area contributed by atoms with E-state index in [9.17, 15) is 5.11 Å². The third-order valence-corrected chi connectivity index (χ3v) is 9.77. The molecule has 32 heavy (non-hydrogen) atoms. The second-order valence-corrected chi connectivity index (χ2v) is 10.8. The van der Waals surface area contributed by atoms with Crippen LogP contribution < -0.4 is 4.74 Å². The molecule has 3 fully saturated rings. The Hall–Kier alpha value is -2.48. The molecule has 0 aromatic heterocycles. The Morgan fingerprint density at radius 3 is 2.19 bits per heavy atom. The molecule has 3 aromatic rings. The molecule has 0 radical (unpaired) electrons. The van der Waals surface area contributed by atoms with Crippen molar-refractivity contribution in [2.24, 2.45) is 23.7 Å². The lowest BCUT2D eigenvalue weighted by atomic mass is 9.60. The summed E-state index contributed by atoms with van der Waals surface area (Å²) in [5.41, 5.74) is 5.80. The first-order valence-corrected chi connectivity index (χ1v) is 12.7. The molecular formula is C30H32O2. The van der Waals surface area contributed by atoms with Crippen molar-refractivity contribution >= 4 is 10.8 Å². The molecule has 4 aliphatic rings. The van der Waals surface area contributed by atoms with E-state index in [2.05, 4.69) is 36.4 Å². The van der Waals surface area contributed by atoms with Crippen LogP contribution in [-0.2, 0) is 5.41 Å². The van der Waals surface area contributed by atoms with Gasteiger partial charge >= 0.3 is 0 Å². The monoisotopic (exact) mass is 424 g/mol. The summed E-state index contributed by atoms with van der Waals surface area (Å²) >= 11 is 0. The lowest BCUT2D eigenvalue weighted by Crippen LogP contribution is -2.39. The summed E-state index contributed by atoms with van der Waals surface area (Å²) in [6, 6.07) is 17.5. The molecule has 0 aliphatic heterocycles. The quantitative estimate of drug-likeness (QED) is 0.440. The topological polar surface area (TPSA) is 29.5 Å². The summed E-state index contributed by atoms with van der Waals surface area (Å²) < 4.78 is 5.62. The minimum absolute atomic E-state index is 0.0663. The van der Waals surface area contributed by atoms with Gasteiger partial charge in [-0.1, -0.05) is 49.9 Å². The van der Waals surface area contributed by atoms with Crippen LogP contribution in [0.25, 0.3) is 21.9 Å². The molecule has 2 heteroatoms.